The fourth-order valence-electron chi connectivity index (χ4n) is 2.87. The molecule has 0 radical (unpaired) electrons. The van der Waals surface area contributed by atoms with Crippen molar-refractivity contribution in [3.8, 4) is 0 Å². The van der Waals surface area contributed by atoms with Crippen LogP contribution in [0.5, 0.6) is 0 Å². The molecule has 0 aromatic heterocycles. The van der Waals surface area contributed by atoms with Crippen LogP contribution in [0.4, 0.5) is 0 Å². The Hall–Kier alpha value is -1.60. The number of nitrogens with two attached hydrogens (primary N) is 1. The number of aryl methyl sites for hydroxylation is 2. The minimum absolute atomic E-state index is 0.000918. The van der Waals surface area contributed by atoms with Crippen molar-refractivity contribution in [2.45, 2.75) is 39.0 Å². The lowest BCUT2D eigenvalue weighted by Gasteiger charge is -2.30. The highest BCUT2D eigenvalue weighted by Gasteiger charge is 2.26. The van der Waals surface area contributed by atoms with Crippen LogP contribution in [0, 0.1) is 6.92 Å². The van der Waals surface area contributed by atoms with E-state index in [-0.39, 0.29) is 5.41 Å². The van der Waals surface area contributed by atoms with Gasteiger partial charge in [0.05, 0.1) is 0 Å². The fourth-order valence-corrected chi connectivity index (χ4v) is 2.87. The van der Waals surface area contributed by atoms with Crippen molar-refractivity contribution in [1.82, 2.24) is 0 Å². The molecule has 1 heteroatoms. The van der Waals surface area contributed by atoms with Gasteiger partial charge in [0.1, 0.15) is 0 Å². The number of rotatable bonds is 5. The Balaban J connectivity index is 2.29. The molecule has 1 atom stereocenters. The topological polar surface area (TPSA) is 26.0 Å². The normalized spacial score (nSPS) is 14.0. The summed E-state index contributed by atoms with van der Waals surface area (Å²) in [6.07, 6.45) is 2.07. The van der Waals surface area contributed by atoms with E-state index in [9.17, 15) is 0 Å². The van der Waals surface area contributed by atoms with Crippen LogP contribution in [0.2, 0.25) is 0 Å². The smallest absolute Gasteiger partial charge is 0.00902 e. The standard InChI is InChI=1S/C19H25N/c1-4-16-9-11-17(12-10-16)13-19(3,14-20)18-8-6-5-7-15(18)2/h5-12H,4,13-14,20H2,1-3H3. The molecule has 2 N–H and O–H groups in total. The zero-order chi connectivity index (χ0) is 14.6. The number of hydrogen-bond acceptors (Lipinski definition) is 1. The molecule has 0 saturated heterocycles. The summed E-state index contributed by atoms with van der Waals surface area (Å²) in [4.78, 5) is 0. The third-order valence-electron chi connectivity index (χ3n) is 4.27. The lowest BCUT2D eigenvalue weighted by Crippen LogP contribution is -2.34. The molecule has 0 bridgehead atoms. The first kappa shape index (κ1) is 14.8. The Labute approximate surface area is 122 Å². The molecule has 0 saturated carbocycles. The second kappa shape index (κ2) is 6.23. The first-order valence-corrected chi connectivity index (χ1v) is 7.43. The van der Waals surface area contributed by atoms with Gasteiger partial charge in [0, 0.05) is 12.0 Å². The summed E-state index contributed by atoms with van der Waals surface area (Å²) in [6.45, 7) is 7.28. The van der Waals surface area contributed by atoms with Crippen molar-refractivity contribution < 1.29 is 0 Å². The molecular formula is C19H25N. The van der Waals surface area contributed by atoms with Gasteiger partial charge in [-0.2, -0.15) is 0 Å². The maximum atomic E-state index is 6.11. The van der Waals surface area contributed by atoms with E-state index in [0.29, 0.717) is 6.54 Å². The average Bonchev–Trinajstić information content (AvgIpc) is 2.48. The van der Waals surface area contributed by atoms with Gasteiger partial charge in [0.2, 0.25) is 0 Å². The van der Waals surface area contributed by atoms with E-state index in [2.05, 4.69) is 69.3 Å². The Morgan fingerprint density at radius 2 is 1.55 bits per heavy atom. The predicted molar refractivity (Wildman–Crippen MR) is 87.1 cm³/mol. The molecule has 0 fully saturated rings. The second-order valence-corrected chi connectivity index (χ2v) is 5.93. The fraction of sp³-hybridized carbons (Fsp3) is 0.368. The highest BCUT2D eigenvalue weighted by atomic mass is 14.6. The van der Waals surface area contributed by atoms with Crippen molar-refractivity contribution in [2.24, 2.45) is 5.73 Å². The van der Waals surface area contributed by atoms with E-state index in [1.165, 1.54) is 22.3 Å². The maximum absolute atomic E-state index is 6.11. The van der Waals surface area contributed by atoms with E-state index >= 15 is 0 Å². The van der Waals surface area contributed by atoms with Crippen LogP contribution in [-0.4, -0.2) is 6.54 Å². The van der Waals surface area contributed by atoms with Crippen LogP contribution < -0.4 is 5.73 Å². The predicted octanol–water partition coefficient (Wildman–Crippen LogP) is 4.02. The summed E-state index contributed by atoms with van der Waals surface area (Å²) in [5.74, 6) is 0. The van der Waals surface area contributed by atoms with Gasteiger partial charge in [-0.1, -0.05) is 62.4 Å². The van der Waals surface area contributed by atoms with Crippen molar-refractivity contribution in [2.75, 3.05) is 6.54 Å². The third kappa shape index (κ3) is 3.10. The highest BCUT2D eigenvalue weighted by Crippen LogP contribution is 2.29. The van der Waals surface area contributed by atoms with Crippen molar-refractivity contribution >= 4 is 0 Å². The first-order valence-electron chi connectivity index (χ1n) is 7.43. The van der Waals surface area contributed by atoms with Gasteiger partial charge in [-0.25, -0.2) is 0 Å². The molecule has 0 aliphatic rings. The van der Waals surface area contributed by atoms with E-state index in [1.807, 2.05) is 0 Å². The minimum Gasteiger partial charge on any atom is -0.330 e. The molecule has 0 spiro atoms. The monoisotopic (exact) mass is 267 g/mol. The van der Waals surface area contributed by atoms with Gasteiger partial charge in [-0.15, -0.1) is 0 Å². The van der Waals surface area contributed by atoms with Crippen molar-refractivity contribution in [1.29, 1.82) is 0 Å². The number of benzene rings is 2. The summed E-state index contributed by atoms with van der Waals surface area (Å²) < 4.78 is 0. The lowest BCUT2D eigenvalue weighted by atomic mass is 9.75. The van der Waals surface area contributed by atoms with E-state index in [0.717, 1.165) is 12.8 Å². The van der Waals surface area contributed by atoms with Crippen molar-refractivity contribution in [3.05, 3.63) is 70.8 Å². The average molecular weight is 267 g/mol. The van der Waals surface area contributed by atoms with Crippen LogP contribution in [-0.2, 0) is 18.3 Å². The Morgan fingerprint density at radius 3 is 2.10 bits per heavy atom. The highest BCUT2D eigenvalue weighted by molar-refractivity contribution is 5.36. The molecule has 1 unspecified atom stereocenters. The van der Waals surface area contributed by atoms with Crippen LogP contribution in [0.1, 0.15) is 36.1 Å². The van der Waals surface area contributed by atoms with E-state index in [4.69, 9.17) is 5.73 Å². The van der Waals surface area contributed by atoms with Crippen molar-refractivity contribution in [3.63, 3.8) is 0 Å². The zero-order valence-electron chi connectivity index (χ0n) is 12.8. The summed E-state index contributed by atoms with van der Waals surface area (Å²) in [7, 11) is 0. The quantitative estimate of drug-likeness (QED) is 0.870. The molecule has 0 aliphatic carbocycles. The Morgan fingerprint density at radius 1 is 0.950 bits per heavy atom. The zero-order valence-corrected chi connectivity index (χ0v) is 12.8. The Bertz CT molecular complexity index is 556. The van der Waals surface area contributed by atoms with Crippen LogP contribution in [0.15, 0.2) is 48.5 Å². The molecule has 2 aromatic carbocycles. The van der Waals surface area contributed by atoms with E-state index in [1.54, 1.807) is 0 Å². The first-order chi connectivity index (χ1) is 9.59. The van der Waals surface area contributed by atoms with Crippen LogP contribution >= 0.6 is 0 Å². The van der Waals surface area contributed by atoms with Crippen LogP contribution in [0.3, 0.4) is 0 Å². The largest absolute Gasteiger partial charge is 0.330 e. The van der Waals surface area contributed by atoms with Crippen LogP contribution in [0.25, 0.3) is 0 Å². The van der Waals surface area contributed by atoms with E-state index < -0.39 is 0 Å². The second-order valence-electron chi connectivity index (χ2n) is 5.93. The molecule has 20 heavy (non-hydrogen) atoms. The van der Waals surface area contributed by atoms with Gasteiger partial charge in [-0.3, -0.25) is 0 Å². The lowest BCUT2D eigenvalue weighted by molar-refractivity contribution is 0.478. The van der Waals surface area contributed by atoms with Gasteiger partial charge < -0.3 is 5.73 Å². The molecular weight excluding hydrogens is 242 g/mol. The molecule has 1 nitrogen and oxygen atoms in total. The maximum Gasteiger partial charge on any atom is 0.00902 e. The van der Waals surface area contributed by atoms with Gasteiger partial charge in [0.15, 0.2) is 0 Å². The molecule has 0 amide bonds. The summed E-state index contributed by atoms with van der Waals surface area (Å²) >= 11 is 0. The SMILES string of the molecule is CCc1ccc(CC(C)(CN)c2ccccc2C)cc1. The molecule has 106 valence electrons. The Kier molecular flexibility index (Phi) is 4.61. The summed E-state index contributed by atoms with van der Waals surface area (Å²) in [5.41, 5.74) is 11.5. The van der Waals surface area contributed by atoms with Gasteiger partial charge >= 0.3 is 0 Å². The van der Waals surface area contributed by atoms with Gasteiger partial charge in [-0.05, 0) is 42.0 Å². The molecule has 2 aromatic rings. The van der Waals surface area contributed by atoms with Gasteiger partial charge in [0.25, 0.3) is 0 Å². The number of hydrogen-bond donors (Lipinski definition) is 1. The molecule has 2 rings (SSSR count). The summed E-state index contributed by atoms with van der Waals surface area (Å²) in [6, 6.07) is 17.5. The molecule has 0 heterocycles. The summed E-state index contributed by atoms with van der Waals surface area (Å²) in [5, 5.41) is 0. The minimum atomic E-state index is -0.000918. The third-order valence-corrected chi connectivity index (χ3v) is 4.27. The molecule has 0 aliphatic heterocycles.